The van der Waals surface area contributed by atoms with Crippen LogP contribution in [0, 0.1) is 5.92 Å². The molecule has 2 N–H and O–H groups in total. The van der Waals surface area contributed by atoms with Gasteiger partial charge in [0.2, 0.25) is 0 Å². The third kappa shape index (κ3) is 5.35. The molecular formula is C10H20N2O6S2. The Balaban J connectivity index is 2.71. The number of aliphatic carboxylic acids is 1. The molecule has 0 radical (unpaired) electrons. The molecule has 0 spiro atoms. The van der Waals surface area contributed by atoms with Crippen molar-refractivity contribution < 1.29 is 26.7 Å². The maximum Gasteiger partial charge on any atom is 0.307 e. The Labute approximate surface area is 119 Å². The third-order valence-electron chi connectivity index (χ3n) is 2.98. The van der Waals surface area contributed by atoms with Crippen molar-refractivity contribution in [3.63, 3.8) is 0 Å². The topological polar surface area (TPSA) is 121 Å². The zero-order valence-electron chi connectivity index (χ0n) is 11.4. The van der Waals surface area contributed by atoms with Crippen LogP contribution in [0.4, 0.5) is 0 Å². The summed E-state index contributed by atoms with van der Waals surface area (Å²) in [5.41, 5.74) is 0. The van der Waals surface area contributed by atoms with Gasteiger partial charge >= 0.3 is 5.97 Å². The van der Waals surface area contributed by atoms with Gasteiger partial charge in [-0.05, 0) is 19.8 Å². The summed E-state index contributed by atoms with van der Waals surface area (Å²) in [6, 6.07) is -0.764. The number of nitrogens with one attached hydrogen (secondary N) is 1. The number of carboxylic acid groups (broad SMARTS) is 1. The van der Waals surface area contributed by atoms with Gasteiger partial charge in [-0.15, -0.1) is 0 Å². The Morgan fingerprint density at radius 3 is 2.50 bits per heavy atom. The number of rotatable bonds is 6. The number of carbonyl (C=O) groups is 1. The summed E-state index contributed by atoms with van der Waals surface area (Å²) in [4.78, 5) is 10.9. The summed E-state index contributed by atoms with van der Waals surface area (Å²) < 4.78 is 49.7. The molecule has 1 aliphatic heterocycles. The lowest BCUT2D eigenvalue weighted by Crippen LogP contribution is -2.50. The highest BCUT2D eigenvalue weighted by Crippen LogP contribution is 2.18. The van der Waals surface area contributed by atoms with E-state index >= 15 is 0 Å². The van der Waals surface area contributed by atoms with E-state index in [1.807, 2.05) is 0 Å². The molecule has 1 aliphatic rings. The van der Waals surface area contributed by atoms with Gasteiger partial charge in [0.25, 0.3) is 10.2 Å². The molecule has 20 heavy (non-hydrogen) atoms. The minimum Gasteiger partial charge on any atom is -0.481 e. The minimum absolute atomic E-state index is 0.0870. The van der Waals surface area contributed by atoms with Crippen LogP contribution >= 0.6 is 0 Å². The van der Waals surface area contributed by atoms with Crippen LogP contribution in [0.2, 0.25) is 0 Å². The number of nitrogens with zero attached hydrogens (tertiary/aromatic N) is 1. The SMILES string of the molecule is CC(CS(C)(=O)=O)NS(=O)(=O)N1CCCC(C(=O)O)C1. The zero-order valence-corrected chi connectivity index (χ0v) is 13.1. The molecule has 1 heterocycles. The van der Waals surface area contributed by atoms with Crippen LogP contribution in [-0.4, -0.2) is 63.4 Å². The zero-order chi connectivity index (χ0) is 15.6. The molecule has 0 saturated carbocycles. The first-order valence-electron chi connectivity index (χ1n) is 6.19. The van der Waals surface area contributed by atoms with E-state index in [1.54, 1.807) is 0 Å². The highest BCUT2D eigenvalue weighted by Gasteiger charge is 2.33. The van der Waals surface area contributed by atoms with E-state index in [4.69, 9.17) is 5.11 Å². The van der Waals surface area contributed by atoms with Gasteiger partial charge in [-0.3, -0.25) is 4.79 Å². The fourth-order valence-electron chi connectivity index (χ4n) is 2.18. The van der Waals surface area contributed by atoms with Crippen molar-refractivity contribution in [3.05, 3.63) is 0 Å². The van der Waals surface area contributed by atoms with E-state index in [2.05, 4.69) is 4.72 Å². The summed E-state index contributed by atoms with van der Waals surface area (Å²) in [6.45, 7) is 1.61. The molecule has 10 heteroatoms. The van der Waals surface area contributed by atoms with Crippen molar-refractivity contribution >= 4 is 26.0 Å². The molecular weight excluding hydrogens is 308 g/mol. The molecule has 0 aromatic rings. The van der Waals surface area contributed by atoms with Gasteiger partial charge in [0.05, 0.1) is 11.7 Å². The van der Waals surface area contributed by atoms with Crippen molar-refractivity contribution in [2.75, 3.05) is 25.1 Å². The first kappa shape index (κ1) is 17.3. The maximum atomic E-state index is 12.1. The highest BCUT2D eigenvalue weighted by molar-refractivity contribution is 7.90. The van der Waals surface area contributed by atoms with Gasteiger partial charge in [-0.1, -0.05) is 0 Å². The summed E-state index contributed by atoms with van der Waals surface area (Å²) in [5, 5.41) is 8.94. The van der Waals surface area contributed by atoms with Gasteiger partial charge in [0, 0.05) is 25.4 Å². The van der Waals surface area contributed by atoms with Gasteiger partial charge in [0.1, 0.15) is 9.84 Å². The molecule has 2 unspecified atom stereocenters. The molecule has 0 amide bonds. The number of hydrogen-bond donors (Lipinski definition) is 2. The summed E-state index contributed by atoms with van der Waals surface area (Å²) in [5.74, 6) is -2.04. The standard InChI is InChI=1S/C10H20N2O6S2/c1-8(7-19(2,15)16)11-20(17,18)12-5-3-4-9(6-12)10(13)14/h8-9,11H,3-7H2,1-2H3,(H,13,14). The third-order valence-corrected chi connectivity index (χ3v) is 5.79. The Morgan fingerprint density at radius 1 is 1.40 bits per heavy atom. The lowest BCUT2D eigenvalue weighted by molar-refractivity contribution is -0.142. The quantitative estimate of drug-likeness (QED) is 0.648. The molecule has 1 fully saturated rings. The second kappa shape index (κ2) is 6.37. The molecule has 118 valence electrons. The van der Waals surface area contributed by atoms with Crippen LogP contribution in [0.3, 0.4) is 0 Å². The minimum atomic E-state index is -3.87. The van der Waals surface area contributed by atoms with Gasteiger partial charge in [-0.25, -0.2) is 8.42 Å². The van der Waals surface area contributed by atoms with Crippen LogP contribution in [0.15, 0.2) is 0 Å². The van der Waals surface area contributed by atoms with Crippen molar-refractivity contribution in [3.8, 4) is 0 Å². The normalized spacial score (nSPS) is 23.4. The predicted molar refractivity (Wildman–Crippen MR) is 73.2 cm³/mol. The molecule has 8 nitrogen and oxygen atoms in total. The smallest absolute Gasteiger partial charge is 0.307 e. The number of hydrogen-bond acceptors (Lipinski definition) is 5. The van der Waals surface area contributed by atoms with Crippen LogP contribution in [-0.2, 0) is 24.8 Å². The molecule has 0 aromatic carbocycles. The molecule has 1 rings (SSSR count). The van der Waals surface area contributed by atoms with E-state index in [-0.39, 0.29) is 18.8 Å². The van der Waals surface area contributed by atoms with Crippen LogP contribution in [0.5, 0.6) is 0 Å². The Bertz CT molecular complexity index is 556. The predicted octanol–water partition coefficient (Wildman–Crippen LogP) is -0.949. The van der Waals surface area contributed by atoms with E-state index in [9.17, 15) is 21.6 Å². The van der Waals surface area contributed by atoms with Crippen LogP contribution in [0.1, 0.15) is 19.8 Å². The lowest BCUT2D eigenvalue weighted by Gasteiger charge is -2.30. The highest BCUT2D eigenvalue weighted by atomic mass is 32.2. The fourth-order valence-corrected chi connectivity index (χ4v) is 4.76. The first-order chi connectivity index (χ1) is 9.01. The van der Waals surface area contributed by atoms with Crippen molar-refractivity contribution in [2.24, 2.45) is 5.92 Å². The molecule has 1 saturated heterocycles. The number of sulfone groups is 1. The number of carboxylic acids is 1. The Kier molecular flexibility index (Phi) is 5.53. The van der Waals surface area contributed by atoms with Crippen molar-refractivity contribution in [2.45, 2.75) is 25.8 Å². The lowest BCUT2D eigenvalue weighted by atomic mass is 10.0. The van der Waals surface area contributed by atoms with Gasteiger partial charge in [-0.2, -0.15) is 17.4 Å². The Hall–Kier alpha value is -0.710. The van der Waals surface area contributed by atoms with E-state index < -0.39 is 38.0 Å². The first-order valence-corrected chi connectivity index (χ1v) is 9.69. The Morgan fingerprint density at radius 2 is 2.00 bits per heavy atom. The second-order valence-corrected chi connectivity index (χ2v) is 9.04. The average molecular weight is 328 g/mol. The summed E-state index contributed by atoms with van der Waals surface area (Å²) in [6.07, 6.45) is 1.94. The second-order valence-electron chi connectivity index (χ2n) is 5.15. The molecule has 0 bridgehead atoms. The number of piperidine rings is 1. The van der Waals surface area contributed by atoms with E-state index in [0.717, 1.165) is 10.6 Å². The van der Waals surface area contributed by atoms with Crippen LogP contribution < -0.4 is 4.72 Å². The van der Waals surface area contributed by atoms with E-state index in [1.165, 1.54) is 6.92 Å². The monoisotopic (exact) mass is 328 g/mol. The average Bonchev–Trinajstić information content (AvgIpc) is 2.25. The largest absolute Gasteiger partial charge is 0.481 e. The van der Waals surface area contributed by atoms with Crippen molar-refractivity contribution in [1.29, 1.82) is 0 Å². The van der Waals surface area contributed by atoms with E-state index in [0.29, 0.717) is 12.8 Å². The fraction of sp³-hybridized carbons (Fsp3) is 0.900. The van der Waals surface area contributed by atoms with Crippen LogP contribution in [0.25, 0.3) is 0 Å². The van der Waals surface area contributed by atoms with Crippen molar-refractivity contribution in [1.82, 2.24) is 9.03 Å². The molecule has 0 aromatic heterocycles. The van der Waals surface area contributed by atoms with Gasteiger partial charge < -0.3 is 5.11 Å². The summed E-state index contributed by atoms with van der Waals surface area (Å²) >= 11 is 0. The molecule has 0 aliphatic carbocycles. The van der Waals surface area contributed by atoms with Gasteiger partial charge in [0.15, 0.2) is 0 Å². The molecule has 2 atom stereocenters. The maximum absolute atomic E-state index is 12.1. The summed E-state index contributed by atoms with van der Waals surface area (Å²) in [7, 11) is -7.16.